The lowest BCUT2D eigenvalue weighted by Gasteiger charge is -2.32. The summed E-state index contributed by atoms with van der Waals surface area (Å²) < 4.78 is 6.09. The Morgan fingerprint density at radius 2 is 1.74 bits per heavy atom. The van der Waals surface area contributed by atoms with E-state index in [1.54, 1.807) is 4.90 Å². The summed E-state index contributed by atoms with van der Waals surface area (Å²) >= 11 is 0. The molecule has 3 heterocycles. The fourth-order valence-corrected chi connectivity index (χ4v) is 5.47. The molecule has 1 aromatic carbocycles. The van der Waals surface area contributed by atoms with Gasteiger partial charge in [-0.2, -0.15) is 4.98 Å². The Morgan fingerprint density at radius 1 is 1.09 bits per heavy atom. The summed E-state index contributed by atoms with van der Waals surface area (Å²) in [7, 11) is 0. The van der Waals surface area contributed by atoms with Gasteiger partial charge < -0.3 is 25.6 Å². The zero-order chi connectivity index (χ0) is 24.7. The van der Waals surface area contributed by atoms with Gasteiger partial charge in [-0.1, -0.05) is 24.3 Å². The van der Waals surface area contributed by atoms with Gasteiger partial charge in [0, 0.05) is 25.1 Å². The highest BCUT2D eigenvalue weighted by molar-refractivity contribution is 6.09. The molecule has 0 bridgehead atoms. The molecule has 5 rings (SSSR count). The number of ether oxygens (including phenoxy) is 1. The van der Waals surface area contributed by atoms with Crippen LogP contribution in [-0.4, -0.2) is 67.6 Å². The number of nitrogen functional groups attached to an aromatic ring is 1. The molecule has 35 heavy (non-hydrogen) atoms. The van der Waals surface area contributed by atoms with E-state index < -0.39 is 17.8 Å². The van der Waals surface area contributed by atoms with E-state index in [9.17, 15) is 15.0 Å². The fourth-order valence-electron chi connectivity index (χ4n) is 5.47. The largest absolute Gasteiger partial charge is 0.463 e. The lowest BCUT2D eigenvalue weighted by Crippen LogP contribution is -2.41. The van der Waals surface area contributed by atoms with Gasteiger partial charge in [0.25, 0.3) is 0 Å². The van der Waals surface area contributed by atoms with Crippen molar-refractivity contribution in [3.63, 3.8) is 0 Å². The average Bonchev–Trinajstić information content (AvgIpc) is 3.17. The molecule has 0 spiro atoms. The van der Waals surface area contributed by atoms with E-state index in [1.807, 2.05) is 13.8 Å². The zero-order valence-electron chi connectivity index (χ0n) is 20.2. The normalized spacial score (nSPS) is 27.7. The molecule has 0 radical (unpaired) electrons. The number of hydrogen-bond acceptors (Lipinski definition) is 8. The average molecular weight is 480 g/mol. The number of benzene rings is 1. The van der Waals surface area contributed by atoms with Crippen LogP contribution >= 0.6 is 0 Å². The number of anilines is 1. The number of aliphatic hydroxyl groups excluding tert-OH is 2. The van der Waals surface area contributed by atoms with E-state index in [-0.39, 0.29) is 19.0 Å². The summed E-state index contributed by atoms with van der Waals surface area (Å²) in [6.07, 6.45) is 4.31. The van der Waals surface area contributed by atoms with Crippen LogP contribution in [0.2, 0.25) is 0 Å². The second-order valence-corrected chi connectivity index (χ2v) is 10.5. The van der Waals surface area contributed by atoms with Crippen LogP contribution in [0.15, 0.2) is 35.6 Å². The summed E-state index contributed by atoms with van der Waals surface area (Å²) in [5.74, 6) is 1.56. The molecule has 0 unspecified atom stereocenters. The highest BCUT2D eigenvalue weighted by atomic mass is 16.5. The number of carbonyl (C=O) groups is 1. The van der Waals surface area contributed by atoms with E-state index in [4.69, 9.17) is 15.5 Å². The maximum absolute atomic E-state index is 12.6. The molecule has 3 aliphatic rings. The first kappa shape index (κ1) is 23.7. The molecule has 186 valence electrons. The second kappa shape index (κ2) is 9.20. The van der Waals surface area contributed by atoms with Gasteiger partial charge in [-0.05, 0) is 56.9 Å². The monoisotopic (exact) mass is 479 g/mol. The minimum Gasteiger partial charge on any atom is -0.463 e. The van der Waals surface area contributed by atoms with Crippen molar-refractivity contribution in [2.75, 3.05) is 18.8 Å². The number of aromatic nitrogens is 2. The van der Waals surface area contributed by atoms with Crippen LogP contribution in [0, 0.1) is 5.92 Å². The molecular formula is C26H33N5O4. The SMILES string of the molecule is CC1(C)Oc2ncnc(N)c2N=C1c1ccc(C2CCC(CC(=O)N3C[C@@H](O)[C@@H](O)C3)CC2)cc1. The molecule has 2 atom stereocenters. The van der Waals surface area contributed by atoms with Crippen molar-refractivity contribution < 1.29 is 19.7 Å². The lowest BCUT2D eigenvalue weighted by atomic mass is 9.77. The summed E-state index contributed by atoms with van der Waals surface area (Å²) in [4.78, 5) is 27.1. The Balaban J connectivity index is 1.22. The molecule has 2 aliphatic heterocycles. The molecule has 1 aliphatic carbocycles. The number of nitrogens with two attached hydrogens (primary N) is 1. The van der Waals surface area contributed by atoms with Gasteiger partial charge in [-0.25, -0.2) is 9.98 Å². The zero-order valence-corrected chi connectivity index (χ0v) is 20.2. The fraction of sp³-hybridized carbons (Fsp3) is 0.538. The Labute approximate surface area is 205 Å². The first-order chi connectivity index (χ1) is 16.7. The minimum atomic E-state index is -0.824. The van der Waals surface area contributed by atoms with Crippen molar-refractivity contribution >= 4 is 23.1 Å². The second-order valence-electron chi connectivity index (χ2n) is 10.5. The van der Waals surface area contributed by atoms with Gasteiger partial charge in [0.2, 0.25) is 11.8 Å². The van der Waals surface area contributed by atoms with E-state index in [2.05, 4.69) is 34.2 Å². The Kier molecular flexibility index (Phi) is 6.23. The molecule has 9 heteroatoms. The first-order valence-electron chi connectivity index (χ1n) is 12.3. The van der Waals surface area contributed by atoms with Crippen LogP contribution in [0.1, 0.15) is 63.0 Å². The maximum atomic E-state index is 12.6. The summed E-state index contributed by atoms with van der Waals surface area (Å²) in [5.41, 5.74) is 8.87. The molecule has 1 saturated carbocycles. The third-order valence-corrected chi connectivity index (χ3v) is 7.54. The van der Waals surface area contributed by atoms with Crippen molar-refractivity contribution in [2.45, 2.75) is 69.7 Å². The lowest BCUT2D eigenvalue weighted by molar-refractivity contribution is -0.132. The Hall–Kier alpha value is -3.04. The minimum absolute atomic E-state index is 0.0408. The molecule has 2 aromatic rings. The van der Waals surface area contributed by atoms with Crippen molar-refractivity contribution in [3.8, 4) is 5.88 Å². The highest BCUT2D eigenvalue weighted by Crippen LogP contribution is 2.40. The van der Waals surface area contributed by atoms with E-state index in [0.29, 0.717) is 35.6 Å². The third kappa shape index (κ3) is 4.75. The number of hydrogen-bond donors (Lipinski definition) is 3. The van der Waals surface area contributed by atoms with E-state index in [0.717, 1.165) is 37.0 Å². The standard InChI is InChI=1S/C26H33N5O4/c1-26(2)23(30-22-24(27)28-14-29-25(22)35-26)18-9-7-17(8-10-18)16-5-3-15(4-6-16)11-21(34)31-12-19(32)20(33)13-31/h7-10,14-16,19-20,32-33H,3-6,11-13H2,1-2H3,(H2,27,28,29)/t15?,16?,19-,20+. The number of carbonyl (C=O) groups excluding carboxylic acids is 1. The number of aliphatic hydroxyl groups is 2. The molecule has 1 amide bonds. The quantitative estimate of drug-likeness (QED) is 0.613. The summed E-state index contributed by atoms with van der Waals surface area (Å²) in [5, 5.41) is 19.4. The molecule has 4 N–H and O–H groups in total. The van der Waals surface area contributed by atoms with E-state index >= 15 is 0 Å². The van der Waals surface area contributed by atoms with Gasteiger partial charge in [0.15, 0.2) is 11.5 Å². The Morgan fingerprint density at radius 3 is 2.40 bits per heavy atom. The number of β-amino-alcohol motifs (C(OH)–C–C–N with tert-alkyl or cyclic N) is 2. The first-order valence-corrected chi connectivity index (χ1v) is 12.3. The molecule has 1 aromatic heterocycles. The highest BCUT2D eigenvalue weighted by Gasteiger charge is 2.36. The molecule has 9 nitrogen and oxygen atoms in total. The van der Waals surface area contributed by atoms with Crippen molar-refractivity contribution in [2.24, 2.45) is 10.9 Å². The molecular weight excluding hydrogens is 446 g/mol. The van der Waals surface area contributed by atoms with Crippen molar-refractivity contribution in [1.82, 2.24) is 14.9 Å². The smallest absolute Gasteiger partial charge is 0.246 e. The predicted molar refractivity (Wildman–Crippen MR) is 132 cm³/mol. The molecule has 2 fully saturated rings. The van der Waals surface area contributed by atoms with Crippen molar-refractivity contribution in [1.29, 1.82) is 0 Å². The van der Waals surface area contributed by atoms with E-state index in [1.165, 1.54) is 11.9 Å². The number of amides is 1. The number of likely N-dealkylation sites (tertiary alicyclic amines) is 1. The van der Waals surface area contributed by atoms with Crippen molar-refractivity contribution in [3.05, 3.63) is 41.7 Å². The number of rotatable bonds is 4. The Bertz CT molecular complexity index is 1120. The van der Waals surface area contributed by atoms with Gasteiger partial charge >= 0.3 is 0 Å². The van der Waals surface area contributed by atoms with Gasteiger partial charge in [-0.15, -0.1) is 0 Å². The van der Waals surface area contributed by atoms with Crippen LogP contribution in [0.4, 0.5) is 11.5 Å². The van der Waals surface area contributed by atoms with Crippen LogP contribution in [0.5, 0.6) is 5.88 Å². The van der Waals surface area contributed by atoms with Gasteiger partial charge in [-0.3, -0.25) is 4.79 Å². The van der Waals surface area contributed by atoms with Gasteiger partial charge in [0.1, 0.15) is 11.9 Å². The van der Waals surface area contributed by atoms with Crippen LogP contribution in [0.25, 0.3) is 0 Å². The summed E-state index contributed by atoms with van der Waals surface area (Å²) in [6, 6.07) is 8.50. The van der Waals surface area contributed by atoms with Crippen LogP contribution in [0.3, 0.4) is 0 Å². The molecule has 1 saturated heterocycles. The van der Waals surface area contributed by atoms with Crippen LogP contribution in [-0.2, 0) is 4.79 Å². The predicted octanol–water partition coefficient (Wildman–Crippen LogP) is 2.58. The topological polar surface area (TPSA) is 134 Å². The number of fused-ring (bicyclic) bond motifs is 1. The number of aliphatic imine (C=N–C) groups is 1. The summed E-state index contributed by atoms with van der Waals surface area (Å²) in [6.45, 7) is 4.40. The van der Waals surface area contributed by atoms with Gasteiger partial charge in [0.05, 0.1) is 17.9 Å². The number of nitrogens with zero attached hydrogens (tertiary/aromatic N) is 4. The maximum Gasteiger partial charge on any atom is 0.246 e. The third-order valence-electron chi connectivity index (χ3n) is 7.54. The van der Waals surface area contributed by atoms with Crippen LogP contribution < -0.4 is 10.5 Å².